The lowest BCUT2D eigenvalue weighted by atomic mass is 9.85. The van der Waals surface area contributed by atoms with E-state index in [4.69, 9.17) is 4.74 Å². The van der Waals surface area contributed by atoms with Crippen molar-refractivity contribution in [3.8, 4) is 0 Å². The minimum absolute atomic E-state index is 0.0388. The molecule has 0 aromatic rings. The number of hydrogen-bond donors (Lipinski definition) is 1. The van der Waals surface area contributed by atoms with Gasteiger partial charge in [-0.15, -0.1) is 0 Å². The Hall–Kier alpha value is -0.0800. The Morgan fingerprint density at radius 2 is 1.92 bits per heavy atom. The molecule has 0 amide bonds. The molecular weight excluding hydrogens is 150 g/mol. The van der Waals surface area contributed by atoms with E-state index in [0.717, 1.165) is 6.42 Å². The third-order valence-electron chi connectivity index (χ3n) is 2.80. The van der Waals surface area contributed by atoms with Crippen LogP contribution in [0.2, 0.25) is 0 Å². The molecule has 1 N–H and O–H groups in total. The third-order valence-corrected chi connectivity index (χ3v) is 2.80. The van der Waals surface area contributed by atoms with Gasteiger partial charge in [0.2, 0.25) is 0 Å². The monoisotopic (exact) mass is 173 g/mol. The number of ether oxygens (including phenoxy) is 1. The standard InChI is InChI=1S/C10H23NO/c1-7-10(4,12-6)9(11-5)8(2)3/h8-9,11H,7H2,1-6H3. The van der Waals surface area contributed by atoms with E-state index in [9.17, 15) is 0 Å². The topological polar surface area (TPSA) is 21.3 Å². The van der Waals surface area contributed by atoms with Gasteiger partial charge in [-0.25, -0.2) is 0 Å². The fourth-order valence-electron chi connectivity index (χ4n) is 1.83. The van der Waals surface area contributed by atoms with Crippen LogP contribution in [0.15, 0.2) is 0 Å². The molecule has 2 heteroatoms. The van der Waals surface area contributed by atoms with E-state index in [-0.39, 0.29) is 5.60 Å². The molecule has 12 heavy (non-hydrogen) atoms. The predicted molar refractivity (Wildman–Crippen MR) is 53.4 cm³/mol. The zero-order valence-corrected chi connectivity index (χ0v) is 9.27. The maximum absolute atomic E-state index is 5.54. The van der Waals surface area contributed by atoms with Gasteiger partial charge in [-0.3, -0.25) is 0 Å². The van der Waals surface area contributed by atoms with Crippen LogP contribution >= 0.6 is 0 Å². The summed E-state index contributed by atoms with van der Waals surface area (Å²) in [5, 5.41) is 3.32. The lowest BCUT2D eigenvalue weighted by Gasteiger charge is -2.38. The van der Waals surface area contributed by atoms with Gasteiger partial charge in [0.25, 0.3) is 0 Å². The van der Waals surface area contributed by atoms with Crippen LogP contribution in [0.5, 0.6) is 0 Å². The van der Waals surface area contributed by atoms with Gasteiger partial charge >= 0.3 is 0 Å². The molecule has 0 rings (SSSR count). The molecule has 0 saturated carbocycles. The summed E-state index contributed by atoms with van der Waals surface area (Å²) in [6, 6.07) is 0.424. The lowest BCUT2D eigenvalue weighted by molar-refractivity contribution is -0.0392. The van der Waals surface area contributed by atoms with E-state index in [2.05, 4.69) is 33.0 Å². The van der Waals surface area contributed by atoms with Gasteiger partial charge in [0.15, 0.2) is 0 Å². The van der Waals surface area contributed by atoms with Crippen molar-refractivity contribution in [3.05, 3.63) is 0 Å². The summed E-state index contributed by atoms with van der Waals surface area (Å²) in [4.78, 5) is 0. The van der Waals surface area contributed by atoms with E-state index in [0.29, 0.717) is 12.0 Å². The van der Waals surface area contributed by atoms with Crippen LogP contribution in [-0.2, 0) is 4.74 Å². The average molecular weight is 173 g/mol. The highest BCUT2D eigenvalue weighted by atomic mass is 16.5. The van der Waals surface area contributed by atoms with Crippen molar-refractivity contribution < 1.29 is 4.74 Å². The number of hydrogen-bond acceptors (Lipinski definition) is 2. The van der Waals surface area contributed by atoms with Crippen molar-refractivity contribution in [2.75, 3.05) is 14.2 Å². The van der Waals surface area contributed by atoms with Crippen molar-refractivity contribution in [2.24, 2.45) is 5.92 Å². The number of nitrogens with one attached hydrogen (secondary N) is 1. The first-order chi connectivity index (χ1) is 5.51. The molecule has 74 valence electrons. The largest absolute Gasteiger partial charge is 0.377 e. The molecule has 0 fully saturated rings. The van der Waals surface area contributed by atoms with Crippen LogP contribution in [-0.4, -0.2) is 25.8 Å². The summed E-state index contributed by atoms with van der Waals surface area (Å²) in [6.45, 7) is 8.76. The number of methoxy groups -OCH3 is 1. The summed E-state index contributed by atoms with van der Waals surface area (Å²) < 4.78 is 5.54. The third kappa shape index (κ3) is 2.46. The van der Waals surface area contributed by atoms with Gasteiger partial charge in [-0.05, 0) is 26.3 Å². The second-order valence-corrected chi connectivity index (χ2v) is 3.88. The zero-order valence-electron chi connectivity index (χ0n) is 9.27. The number of likely N-dealkylation sites (N-methyl/N-ethyl adjacent to an activating group) is 1. The molecule has 0 saturated heterocycles. The highest BCUT2D eigenvalue weighted by molar-refractivity contribution is 4.89. The van der Waals surface area contributed by atoms with Gasteiger partial charge in [0, 0.05) is 13.2 Å². The van der Waals surface area contributed by atoms with Crippen LogP contribution in [0.1, 0.15) is 34.1 Å². The molecule has 0 spiro atoms. The molecular formula is C10H23NO. The first-order valence-electron chi connectivity index (χ1n) is 4.74. The van der Waals surface area contributed by atoms with Crippen LogP contribution < -0.4 is 5.32 Å². The molecule has 2 nitrogen and oxygen atoms in total. The normalized spacial score (nSPS) is 19.2. The van der Waals surface area contributed by atoms with Gasteiger partial charge in [-0.1, -0.05) is 20.8 Å². The molecule has 0 heterocycles. The van der Waals surface area contributed by atoms with Crippen molar-refractivity contribution in [2.45, 2.75) is 45.8 Å². The molecule has 0 bridgehead atoms. The van der Waals surface area contributed by atoms with E-state index < -0.39 is 0 Å². The second-order valence-electron chi connectivity index (χ2n) is 3.88. The minimum Gasteiger partial charge on any atom is -0.377 e. The van der Waals surface area contributed by atoms with E-state index >= 15 is 0 Å². The fourth-order valence-corrected chi connectivity index (χ4v) is 1.83. The van der Waals surface area contributed by atoms with Gasteiger partial charge in [-0.2, -0.15) is 0 Å². The predicted octanol–water partition coefficient (Wildman–Crippen LogP) is 2.05. The Kier molecular flexibility index (Phi) is 4.80. The molecule has 0 aliphatic heterocycles. The molecule has 0 aromatic heterocycles. The molecule has 2 unspecified atom stereocenters. The minimum atomic E-state index is -0.0388. The number of rotatable bonds is 5. The first kappa shape index (κ1) is 11.9. The summed E-state index contributed by atoms with van der Waals surface area (Å²) in [5.41, 5.74) is -0.0388. The smallest absolute Gasteiger partial charge is 0.0802 e. The lowest BCUT2D eigenvalue weighted by Crippen LogP contribution is -2.51. The van der Waals surface area contributed by atoms with Gasteiger partial charge in [0.1, 0.15) is 0 Å². The van der Waals surface area contributed by atoms with Crippen molar-refractivity contribution >= 4 is 0 Å². The molecule has 0 radical (unpaired) electrons. The van der Waals surface area contributed by atoms with Crippen molar-refractivity contribution in [1.82, 2.24) is 5.32 Å². The summed E-state index contributed by atoms with van der Waals surface area (Å²) >= 11 is 0. The van der Waals surface area contributed by atoms with Gasteiger partial charge in [0.05, 0.1) is 5.60 Å². The highest BCUT2D eigenvalue weighted by Gasteiger charge is 2.33. The van der Waals surface area contributed by atoms with Gasteiger partial charge < -0.3 is 10.1 Å². The van der Waals surface area contributed by atoms with Crippen LogP contribution in [0.3, 0.4) is 0 Å². The van der Waals surface area contributed by atoms with Crippen LogP contribution in [0.4, 0.5) is 0 Å². The Labute approximate surface area is 76.7 Å². The Morgan fingerprint density at radius 1 is 1.42 bits per heavy atom. The zero-order chi connectivity index (χ0) is 9.78. The molecule has 2 atom stereocenters. The van der Waals surface area contributed by atoms with Crippen LogP contribution in [0, 0.1) is 5.92 Å². The Bertz CT molecular complexity index is 119. The SMILES string of the molecule is CCC(C)(OC)C(NC)C(C)C. The molecule has 0 aliphatic rings. The first-order valence-corrected chi connectivity index (χ1v) is 4.74. The quantitative estimate of drug-likeness (QED) is 0.687. The summed E-state index contributed by atoms with van der Waals surface area (Å²) in [7, 11) is 3.79. The maximum atomic E-state index is 5.54. The maximum Gasteiger partial charge on any atom is 0.0802 e. The Morgan fingerprint density at radius 3 is 2.00 bits per heavy atom. The van der Waals surface area contributed by atoms with E-state index in [1.165, 1.54) is 0 Å². The second kappa shape index (κ2) is 4.83. The molecule has 0 aliphatic carbocycles. The van der Waals surface area contributed by atoms with E-state index in [1.54, 1.807) is 7.11 Å². The van der Waals surface area contributed by atoms with Crippen molar-refractivity contribution in [3.63, 3.8) is 0 Å². The summed E-state index contributed by atoms with van der Waals surface area (Å²) in [5.74, 6) is 0.597. The van der Waals surface area contributed by atoms with Crippen molar-refractivity contribution in [1.29, 1.82) is 0 Å². The van der Waals surface area contributed by atoms with E-state index in [1.807, 2.05) is 7.05 Å². The Balaban J connectivity index is 4.43. The average Bonchev–Trinajstić information content (AvgIpc) is 2.04. The van der Waals surface area contributed by atoms with Crippen LogP contribution in [0.25, 0.3) is 0 Å². The molecule has 0 aromatic carbocycles. The fraction of sp³-hybridized carbons (Fsp3) is 1.00. The highest BCUT2D eigenvalue weighted by Crippen LogP contribution is 2.23. The summed E-state index contributed by atoms with van der Waals surface area (Å²) in [6.07, 6.45) is 1.03.